The number of aliphatic carboxylic acids is 1. The molecule has 0 saturated heterocycles. The van der Waals surface area contributed by atoms with E-state index >= 15 is 0 Å². The van der Waals surface area contributed by atoms with Crippen molar-refractivity contribution in [2.75, 3.05) is 0 Å². The summed E-state index contributed by atoms with van der Waals surface area (Å²) in [5, 5.41) is 23.8. The molecule has 1 aromatic carbocycles. The van der Waals surface area contributed by atoms with Crippen molar-refractivity contribution in [3.05, 3.63) is 39.7 Å². The minimum atomic E-state index is -1.15. The fourth-order valence-corrected chi connectivity index (χ4v) is 2.99. The number of rotatable bonds is 8. The van der Waals surface area contributed by atoms with E-state index in [1.807, 2.05) is 0 Å². The van der Waals surface area contributed by atoms with Crippen LogP contribution in [-0.2, 0) is 17.8 Å². The number of aryl methyl sites for hydroxylation is 1. The van der Waals surface area contributed by atoms with Crippen molar-refractivity contribution in [1.82, 2.24) is 0 Å². The largest absolute Gasteiger partial charge is 0.544 e. The Morgan fingerprint density at radius 3 is 2.68 bits per heavy atom. The number of benzene rings is 1. The van der Waals surface area contributed by atoms with Gasteiger partial charge in [0, 0.05) is 17.4 Å². The maximum Gasteiger partial charge on any atom is 0.336 e. The molecule has 0 aliphatic carbocycles. The number of quaternary nitrogens is 1. The molecule has 3 N–H and O–H groups in total. The van der Waals surface area contributed by atoms with Gasteiger partial charge in [0.15, 0.2) is 5.58 Å². The van der Waals surface area contributed by atoms with Crippen LogP contribution in [0.15, 0.2) is 27.4 Å². The first-order chi connectivity index (χ1) is 11.8. The number of unbranched alkanes of at least 4 members (excludes halogenated alkanes) is 1. The molecular weight excluding hydrogens is 322 g/mol. The summed E-state index contributed by atoms with van der Waals surface area (Å²) in [6, 6.07) is 4.04. The van der Waals surface area contributed by atoms with Gasteiger partial charge >= 0.3 is 5.63 Å². The van der Waals surface area contributed by atoms with Crippen LogP contribution in [0.2, 0.25) is 0 Å². The van der Waals surface area contributed by atoms with Crippen molar-refractivity contribution in [3.8, 4) is 5.75 Å². The van der Waals surface area contributed by atoms with Crippen molar-refractivity contribution in [2.45, 2.75) is 52.6 Å². The van der Waals surface area contributed by atoms with Gasteiger partial charge in [-0.15, -0.1) is 0 Å². The fourth-order valence-electron chi connectivity index (χ4n) is 2.99. The van der Waals surface area contributed by atoms with Gasteiger partial charge in [-0.25, -0.2) is 4.79 Å². The zero-order chi connectivity index (χ0) is 18.6. The van der Waals surface area contributed by atoms with Gasteiger partial charge in [-0.2, -0.15) is 0 Å². The summed E-state index contributed by atoms with van der Waals surface area (Å²) in [6.45, 7) is 5.85. The Hall–Kier alpha value is -2.34. The van der Waals surface area contributed by atoms with E-state index in [1.165, 1.54) is 6.07 Å². The third-order valence-corrected chi connectivity index (χ3v) is 4.44. The quantitative estimate of drug-likeness (QED) is 0.683. The molecule has 1 heterocycles. The van der Waals surface area contributed by atoms with Gasteiger partial charge in [-0.1, -0.05) is 27.2 Å². The number of hydrogen-bond donors (Lipinski definition) is 2. The van der Waals surface area contributed by atoms with Crippen LogP contribution in [-0.4, -0.2) is 17.1 Å². The van der Waals surface area contributed by atoms with E-state index < -0.39 is 17.6 Å². The monoisotopic (exact) mass is 347 g/mol. The second-order valence-electron chi connectivity index (χ2n) is 6.66. The molecule has 0 aliphatic rings. The molecule has 0 amide bonds. The van der Waals surface area contributed by atoms with Gasteiger partial charge in [0.1, 0.15) is 18.3 Å². The number of carbonyl (C=O) groups is 1. The van der Waals surface area contributed by atoms with Crippen molar-refractivity contribution in [1.29, 1.82) is 0 Å². The Labute approximate surface area is 146 Å². The van der Waals surface area contributed by atoms with Crippen molar-refractivity contribution in [3.63, 3.8) is 0 Å². The number of aromatic hydroxyl groups is 1. The molecule has 0 saturated carbocycles. The molecule has 0 spiro atoms. The van der Waals surface area contributed by atoms with Crippen LogP contribution in [0.3, 0.4) is 0 Å². The standard InChI is InChI=1S/C19H25NO5/c1-4-5-6-12-9-16(22)25-18-13(12)7-8-15(21)14(18)10-20-17(11(2)3)19(23)24/h7-9,11,17,20-21H,4-6,10H2,1-3H3,(H,23,24)/t17-/m0/s1. The normalized spacial score (nSPS) is 12.6. The van der Waals surface area contributed by atoms with Gasteiger partial charge in [-0.3, -0.25) is 0 Å². The first kappa shape index (κ1) is 19.0. The molecule has 1 aromatic heterocycles. The van der Waals surface area contributed by atoms with E-state index in [0.29, 0.717) is 11.1 Å². The predicted octanol–water partition coefficient (Wildman–Crippen LogP) is 0.679. The molecule has 2 rings (SSSR count). The summed E-state index contributed by atoms with van der Waals surface area (Å²) >= 11 is 0. The molecule has 1 atom stereocenters. The number of phenols is 1. The molecule has 0 radical (unpaired) electrons. The lowest BCUT2D eigenvalue weighted by atomic mass is 10.0. The first-order valence-electron chi connectivity index (χ1n) is 8.66. The highest BCUT2D eigenvalue weighted by Crippen LogP contribution is 2.28. The van der Waals surface area contributed by atoms with E-state index in [0.717, 1.165) is 30.2 Å². The lowest BCUT2D eigenvalue weighted by Crippen LogP contribution is -2.93. The van der Waals surface area contributed by atoms with E-state index in [1.54, 1.807) is 31.3 Å². The minimum absolute atomic E-state index is 0.0135. The number of phenolic OH excluding ortho intramolecular Hbond substituents is 1. The summed E-state index contributed by atoms with van der Waals surface area (Å²) in [5.74, 6) is -1.30. The van der Waals surface area contributed by atoms with Gasteiger partial charge in [0.2, 0.25) is 0 Å². The Balaban J connectivity index is 2.45. The molecule has 0 unspecified atom stereocenters. The third kappa shape index (κ3) is 4.39. The topological polar surface area (TPSA) is 107 Å². The molecule has 2 aromatic rings. The molecule has 6 heteroatoms. The number of carbonyl (C=O) groups excluding carboxylic acids is 1. The number of nitrogens with two attached hydrogens (primary N) is 1. The third-order valence-electron chi connectivity index (χ3n) is 4.44. The highest BCUT2D eigenvalue weighted by molar-refractivity contribution is 5.85. The molecule has 6 nitrogen and oxygen atoms in total. The van der Waals surface area contributed by atoms with Crippen LogP contribution in [0.25, 0.3) is 11.0 Å². The van der Waals surface area contributed by atoms with Crippen molar-refractivity contribution < 1.29 is 24.7 Å². The Bertz CT molecular complexity index is 809. The zero-order valence-electron chi connectivity index (χ0n) is 14.9. The minimum Gasteiger partial charge on any atom is -0.544 e. The maximum absolute atomic E-state index is 11.9. The van der Waals surface area contributed by atoms with E-state index in [9.17, 15) is 19.8 Å². The Morgan fingerprint density at radius 2 is 2.08 bits per heavy atom. The van der Waals surface area contributed by atoms with Gasteiger partial charge in [0.05, 0.1) is 11.5 Å². The van der Waals surface area contributed by atoms with E-state index in [2.05, 4.69) is 6.92 Å². The number of carboxylic acids is 1. The van der Waals surface area contributed by atoms with Gasteiger partial charge < -0.3 is 24.7 Å². The van der Waals surface area contributed by atoms with Crippen LogP contribution in [0, 0.1) is 5.92 Å². The van der Waals surface area contributed by atoms with Gasteiger partial charge in [0.25, 0.3) is 0 Å². The number of carboxylic acid groups (broad SMARTS) is 1. The maximum atomic E-state index is 11.9. The van der Waals surface area contributed by atoms with Crippen LogP contribution in [0.1, 0.15) is 44.7 Å². The average Bonchev–Trinajstić information content (AvgIpc) is 2.53. The fraction of sp³-hybridized carbons (Fsp3) is 0.474. The summed E-state index contributed by atoms with van der Waals surface area (Å²) in [6.07, 6.45) is 2.70. The molecule has 25 heavy (non-hydrogen) atoms. The SMILES string of the molecule is CCCCc1cc(=O)oc2c(C[NH2+][C@H](C(=O)[O-])C(C)C)c(O)ccc12. The molecule has 136 valence electrons. The Kier molecular flexibility index (Phi) is 6.20. The van der Waals surface area contributed by atoms with E-state index in [-0.39, 0.29) is 18.2 Å². The lowest BCUT2D eigenvalue weighted by Gasteiger charge is -2.20. The second-order valence-corrected chi connectivity index (χ2v) is 6.66. The van der Waals surface area contributed by atoms with Crippen LogP contribution in [0.5, 0.6) is 5.75 Å². The van der Waals surface area contributed by atoms with Crippen molar-refractivity contribution in [2.24, 2.45) is 5.92 Å². The van der Waals surface area contributed by atoms with Crippen LogP contribution >= 0.6 is 0 Å². The Morgan fingerprint density at radius 1 is 1.36 bits per heavy atom. The van der Waals surface area contributed by atoms with Crippen molar-refractivity contribution >= 4 is 16.9 Å². The molecule has 0 aliphatic heterocycles. The molecule has 0 fully saturated rings. The highest BCUT2D eigenvalue weighted by Gasteiger charge is 2.21. The molecule has 0 bridgehead atoms. The number of hydrogen-bond acceptors (Lipinski definition) is 5. The molecular formula is C19H25NO5. The first-order valence-corrected chi connectivity index (χ1v) is 8.66. The zero-order valence-corrected chi connectivity index (χ0v) is 14.9. The lowest BCUT2D eigenvalue weighted by molar-refractivity contribution is -0.703. The van der Waals surface area contributed by atoms with E-state index in [4.69, 9.17) is 4.42 Å². The highest BCUT2D eigenvalue weighted by atomic mass is 16.4. The summed E-state index contributed by atoms with van der Waals surface area (Å²) < 4.78 is 5.35. The average molecular weight is 347 g/mol. The summed E-state index contributed by atoms with van der Waals surface area (Å²) in [4.78, 5) is 23.2. The van der Waals surface area contributed by atoms with Crippen LogP contribution in [0.4, 0.5) is 0 Å². The summed E-state index contributed by atoms with van der Waals surface area (Å²) in [5.41, 5.74) is 1.18. The smallest absolute Gasteiger partial charge is 0.336 e. The van der Waals surface area contributed by atoms with Gasteiger partial charge in [-0.05, 0) is 30.5 Å². The predicted molar refractivity (Wildman–Crippen MR) is 92.0 cm³/mol. The second kappa shape index (κ2) is 8.16. The number of fused-ring (bicyclic) bond motifs is 1. The summed E-state index contributed by atoms with van der Waals surface area (Å²) in [7, 11) is 0. The van der Waals surface area contributed by atoms with Crippen LogP contribution < -0.4 is 16.0 Å².